The van der Waals surface area contributed by atoms with Gasteiger partial charge in [0.1, 0.15) is 5.00 Å². The molecule has 172 valence electrons. The van der Waals surface area contributed by atoms with Crippen LogP contribution >= 0.6 is 11.3 Å². The monoisotopic (exact) mass is 466 g/mol. The number of aryl methyl sites for hydroxylation is 3. The summed E-state index contributed by atoms with van der Waals surface area (Å²) in [6.45, 7) is 4.09. The Morgan fingerprint density at radius 3 is 2.62 bits per heavy atom. The molecular weight excluding hydrogens is 436 g/mol. The maximum atomic E-state index is 13.7. The van der Waals surface area contributed by atoms with Crippen LogP contribution in [-0.2, 0) is 12.8 Å². The van der Waals surface area contributed by atoms with E-state index in [1.807, 2.05) is 19.2 Å². The number of nitrogens with one attached hydrogen (secondary N) is 1. The second-order valence-corrected chi connectivity index (χ2v) is 10.3. The second-order valence-electron chi connectivity index (χ2n) is 9.20. The van der Waals surface area contributed by atoms with Crippen LogP contribution in [0.1, 0.15) is 63.2 Å². The van der Waals surface area contributed by atoms with Crippen molar-refractivity contribution in [2.24, 2.45) is 4.99 Å². The highest BCUT2D eigenvalue weighted by Crippen LogP contribution is 2.39. The van der Waals surface area contributed by atoms with Gasteiger partial charge in [-0.2, -0.15) is 0 Å². The standard InChI is InChI=1S/C30H30N2OS/c1-20-16-17-21(2)26(18-20)32-29(33)28-25-14-5-3-4-6-15-27(25)34-30(28)31-19-23-12-9-11-22-10-7-8-13-24(22)23/h7-13,16-19H,3-6,14-15H2,1-2H3,(H,32,33). The Kier molecular flexibility index (Phi) is 6.59. The molecule has 4 aromatic rings. The molecular formula is C30H30N2OS. The van der Waals surface area contributed by atoms with Crippen molar-refractivity contribution in [1.29, 1.82) is 0 Å². The van der Waals surface area contributed by atoms with E-state index in [0.29, 0.717) is 0 Å². The summed E-state index contributed by atoms with van der Waals surface area (Å²) in [7, 11) is 0. The van der Waals surface area contributed by atoms with E-state index in [0.717, 1.165) is 52.2 Å². The Morgan fingerprint density at radius 2 is 1.74 bits per heavy atom. The van der Waals surface area contributed by atoms with Gasteiger partial charge in [0.15, 0.2) is 0 Å². The minimum atomic E-state index is -0.0446. The van der Waals surface area contributed by atoms with Gasteiger partial charge in [0.05, 0.1) is 5.56 Å². The summed E-state index contributed by atoms with van der Waals surface area (Å²) in [4.78, 5) is 19.9. The van der Waals surface area contributed by atoms with Crippen LogP contribution in [0.4, 0.5) is 10.7 Å². The van der Waals surface area contributed by atoms with E-state index in [1.54, 1.807) is 11.3 Å². The van der Waals surface area contributed by atoms with Gasteiger partial charge in [-0.05, 0) is 73.1 Å². The quantitative estimate of drug-likeness (QED) is 0.303. The number of amides is 1. The summed E-state index contributed by atoms with van der Waals surface area (Å²) in [5, 5.41) is 6.39. The number of aliphatic imine (C=N–C) groups is 1. The third-order valence-corrected chi connectivity index (χ3v) is 7.87. The summed E-state index contributed by atoms with van der Waals surface area (Å²) < 4.78 is 0. The minimum absolute atomic E-state index is 0.0446. The lowest BCUT2D eigenvalue weighted by molar-refractivity contribution is 0.102. The molecule has 0 fully saturated rings. The molecule has 1 heterocycles. The van der Waals surface area contributed by atoms with Crippen molar-refractivity contribution in [2.75, 3.05) is 5.32 Å². The van der Waals surface area contributed by atoms with Crippen LogP contribution in [0.15, 0.2) is 65.7 Å². The minimum Gasteiger partial charge on any atom is -0.322 e. The highest BCUT2D eigenvalue weighted by atomic mass is 32.1. The van der Waals surface area contributed by atoms with E-state index < -0.39 is 0 Å². The molecule has 0 radical (unpaired) electrons. The van der Waals surface area contributed by atoms with E-state index in [4.69, 9.17) is 4.99 Å². The molecule has 0 bridgehead atoms. The lowest BCUT2D eigenvalue weighted by Crippen LogP contribution is -2.15. The number of fused-ring (bicyclic) bond motifs is 2. The Balaban J connectivity index is 1.56. The van der Waals surface area contributed by atoms with Crippen LogP contribution in [0.5, 0.6) is 0 Å². The Labute approximate surface area is 205 Å². The molecule has 0 unspecified atom stereocenters. The number of thiophene rings is 1. The summed E-state index contributed by atoms with van der Waals surface area (Å²) >= 11 is 1.70. The van der Waals surface area contributed by atoms with Crippen LogP contribution < -0.4 is 5.32 Å². The zero-order chi connectivity index (χ0) is 23.5. The number of carbonyl (C=O) groups is 1. The van der Waals surface area contributed by atoms with Gasteiger partial charge in [-0.1, -0.05) is 67.4 Å². The first-order chi connectivity index (χ1) is 16.6. The van der Waals surface area contributed by atoms with Gasteiger partial charge < -0.3 is 5.32 Å². The zero-order valence-electron chi connectivity index (χ0n) is 19.9. The largest absolute Gasteiger partial charge is 0.322 e. The number of hydrogen-bond acceptors (Lipinski definition) is 3. The first kappa shape index (κ1) is 22.5. The molecule has 3 nitrogen and oxygen atoms in total. The smallest absolute Gasteiger partial charge is 0.259 e. The highest BCUT2D eigenvalue weighted by Gasteiger charge is 2.24. The fourth-order valence-electron chi connectivity index (χ4n) is 4.78. The summed E-state index contributed by atoms with van der Waals surface area (Å²) in [5.74, 6) is -0.0446. The van der Waals surface area contributed by atoms with Gasteiger partial charge >= 0.3 is 0 Å². The maximum absolute atomic E-state index is 13.7. The van der Waals surface area contributed by atoms with Crippen molar-refractivity contribution in [1.82, 2.24) is 0 Å². The Morgan fingerprint density at radius 1 is 0.941 bits per heavy atom. The molecule has 1 N–H and O–H groups in total. The lowest BCUT2D eigenvalue weighted by atomic mass is 9.96. The molecule has 0 spiro atoms. The lowest BCUT2D eigenvalue weighted by Gasteiger charge is -2.13. The summed E-state index contributed by atoms with van der Waals surface area (Å²) in [5.41, 5.74) is 6.12. The molecule has 0 saturated heterocycles. The summed E-state index contributed by atoms with van der Waals surface area (Å²) in [6.07, 6.45) is 8.70. The van der Waals surface area contributed by atoms with Crippen molar-refractivity contribution in [2.45, 2.75) is 52.4 Å². The number of rotatable bonds is 4. The predicted octanol–water partition coefficient (Wildman–Crippen LogP) is 8.18. The van der Waals surface area contributed by atoms with Crippen LogP contribution in [-0.4, -0.2) is 12.1 Å². The molecule has 1 aliphatic carbocycles. The number of anilines is 1. The summed E-state index contributed by atoms with van der Waals surface area (Å²) in [6, 6.07) is 20.8. The number of carbonyl (C=O) groups excluding carboxylic acids is 1. The first-order valence-electron chi connectivity index (χ1n) is 12.1. The number of hydrogen-bond donors (Lipinski definition) is 1. The predicted molar refractivity (Wildman–Crippen MR) is 145 cm³/mol. The van der Waals surface area contributed by atoms with Crippen molar-refractivity contribution < 1.29 is 4.79 Å². The van der Waals surface area contributed by atoms with Crippen molar-refractivity contribution in [3.8, 4) is 0 Å². The van der Waals surface area contributed by atoms with Gasteiger partial charge in [-0.25, -0.2) is 4.99 Å². The van der Waals surface area contributed by atoms with E-state index in [9.17, 15) is 4.79 Å². The molecule has 5 rings (SSSR count). The second kappa shape index (κ2) is 9.94. The molecule has 4 heteroatoms. The third kappa shape index (κ3) is 4.69. The van der Waals surface area contributed by atoms with Crippen LogP contribution in [0.3, 0.4) is 0 Å². The number of benzene rings is 3. The Hall–Kier alpha value is -3.24. The fraction of sp³-hybridized carbons (Fsp3) is 0.267. The number of nitrogens with zero attached hydrogens (tertiary/aromatic N) is 1. The van der Waals surface area contributed by atoms with Crippen LogP contribution in [0, 0.1) is 13.8 Å². The third-order valence-electron chi connectivity index (χ3n) is 6.67. The molecule has 1 aliphatic rings. The molecule has 0 atom stereocenters. The molecule has 3 aromatic carbocycles. The molecule has 1 aromatic heterocycles. The highest BCUT2D eigenvalue weighted by molar-refractivity contribution is 7.16. The van der Waals surface area contributed by atoms with Gasteiger partial charge in [-0.15, -0.1) is 11.3 Å². The molecule has 0 aliphatic heterocycles. The van der Waals surface area contributed by atoms with E-state index >= 15 is 0 Å². The molecule has 34 heavy (non-hydrogen) atoms. The first-order valence-corrected chi connectivity index (χ1v) is 13.0. The zero-order valence-corrected chi connectivity index (χ0v) is 20.7. The SMILES string of the molecule is Cc1ccc(C)c(NC(=O)c2c(N=Cc3cccc4ccccc34)sc3c2CCCCCC3)c1. The van der Waals surface area contributed by atoms with Crippen molar-refractivity contribution >= 4 is 44.9 Å². The van der Waals surface area contributed by atoms with Crippen LogP contribution in [0.25, 0.3) is 10.8 Å². The molecule has 1 amide bonds. The van der Waals surface area contributed by atoms with Gasteiger partial charge in [0.2, 0.25) is 0 Å². The average Bonchev–Trinajstić information content (AvgIpc) is 3.16. The van der Waals surface area contributed by atoms with Crippen LogP contribution in [0.2, 0.25) is 0 Å². The van der Waals surface area contributed by atoms with Crippen molar-refractivity contribution in [3.63, 3.8) is 0 Å². The van der Waals surface area contributed by atoms with E-state index in [-0.39, 0.29) is 5.91 Å². The normalized spacial score (nSPS) is 14.1. The fourth-order valence-corrected chi connectivity index (χ4v) is 6.01. The van der Waals surface area contributed by atoms with E-state index in [2.05, 4.69) is 66.8 Å². The maximum Gasteiger partial charge on any atom is 0.259 e. The van der Waals surface area contributed by atoms with E-state index in [1.165, 1.54) is 40.5 Å². The van der Waals surface area contributed by atoms with Gasteiger partial charge in [0, 0.05) is 22.3 Å². The van der Waals surface area contributed by atoms with Crippen molar-refractivity contribution in [3.05, 3.63) is 93.4 Å². The van der Waals surface area contributed by atoms with Gasteiger partial charge in [-0.3, -0.25) is 4.79 Å². The topological polar surface area (TPSA) is 41.5 Å². The molecule has 0 saturated carbocycles. The Bertz CT molecular complexity index is 1380. The average molecular weight is 467 g/mol. The van der Waals surface area contributed by atoms with Gasteiger partial charge in [0.25, 0.3) is 5.91 Å².